The number of halogens is 3. The van der Waals surface area contributed by atoms with Gasteiger partial charge in [-0.05, 0) is 66.9 Å². The first-order chi connectivity index (χ1) is 17.2. The van der Waals surface area contributed by atoms with Gasteiger partial charge in [-0.15, -0.1) is 0 Å². The Kier molecular flexibility index (Phi) is 7.15. The molecule has 0 amide bonds. The van der Waals surface area contributed by atoms with Crippen LogP contribution in [0.3, 0.4) is 0 Å². The smallest absolute Gasteiger partial charge is 0.357 e. The molecule has 0 spiro atoms. The van der Waals surface area contributed by atoms with Gasteiger partial charge in [-0.25, -0.2) is 0 Å². The molecule has 4 aromatic rings. The fourth-order valence-electron chi connectivity index (χ4n) is 4.43. The van der Waals surface area contributed by atoms with Crippen LogP contribution in [0.5, 0.6) is 0 Å². The monoisotopic (exact) mass is 487 g/mol. The highest BCUT2D eigenvalue weighted by molar-refractivity contribution is 5.49. The zero-order valence-corrected chi connectivity index (χ0v) is 20.2. The Morgan fingerprint density at radius 2 is 1.44 bits per heavy atom. The lowest BCUT2D eigenvalue weighted by molar-refractivity contribution is -0.137. The Bertz CT molecular complexity index is 1310. The van der Waals surface area contributed by atoms with E-state index in [9.17, 15) is 13.2 Å². The van der Waals surface area contributed by atoms with Crippen LogP contribution in [0, 0.1) is 13.8 Å². The number of nitrogens with zero attached hydrogens (tertiary/aromatic N) is 1. The van der Waals surface area contributed by atoms with Gasteiger partial charge in [0.15, 0.2) is 0 Å². The van der Waals surface area contributed by atoms with E-state index in [-0.39, 0.29) is 0 Å². The molecule has 0 bridgehead atoms. The summed E-state index contributed by atoms with van der Waals surface area (Å²) in [5, 5.41) is 6.70. The summed E-state index contributed by atoms with van der Waals surface area (Å²) in [5.41, 5.74) is 2.68. The van der Waals surface area contributed by atoms with Crippen LogP contribution in [0.15, 0.2) is 109 Å². The molecule has 3 aromatic carbocycles. The summed E-state index contributed by atoms with van der Waals surface area (Å²) >= 11 is 0. The summed E-state index contributed by atoms with van der Waals surface area (Å²) in [6.45, 7) is 8.01. The first kappa shape index (κ1) is 25.0. The fraction of sp³-hybridized carbons (Fsp3) is 0.167. The Hall–Kier alpha value is -4.06. The molecule has 2 N–H and O–H groups in total. The van der Waals surface area contributed by atoms with Gasteiger partial charge < -0.3 is 10.6 Å². The maximum Gasteiger partial charge on any atom is 0.416 e. The molecule has 0 aliphatic rings. The van der Waals surface area contributed by atoms with Crippen molar-refractivity contribution in [2.24, 2.45) is 0 Å². The summed E-state index contributed by atoms with van der Waals surface area (Å²) in [7, 11) is 0. The third-order valence-corrected chi connectivity index (χ3v) is 5.96. The largest absolute Gasteiger partial charge is 0.416 e. The number of hydrogen-bond acceptors (Lipinski definition) is 3. The van der Waals surface area contributed by atoms with Crippen LogP contribution in [0.4, 0.5) is 18.9 Å². The number of aromatic nitrogens is 1. The van der Waals surface area contributed by atoms with E-state index < -0.39 is 17.3 Å². The van der Waals surface area contributed by atoms with Crippen molar-refractivity contribution in [1.29, 1.82) is 0 Å². The molecule has 1 aromatic heterocycles. The lowest BCUT2D eigenvalue weighted by Crippen LogP contribution is -2.47. The van der Waals surface area contributed by atoms with E-state index in [0.717, 1.165) is 28.6 Å². The quantitative estimate of drug-likeness (QED) is 0.272. The number of nitrogens with one attached hydrogen (secondary N) is 2. The molecular formula is C30H28F3N3. The number of benzene rings is 3. The topological polar surface area (TPSA) is 37.0 Å². The van der Waals surface area contributed by atoms with Crippen LogP contribution in [-0.4, -0.2) is 4.98 Å². The van der Waals surface area contributed by atoms with Gasteiger partial charge in [0, 0.05) is 17.8 Å². The molecule has 0 radical (unpaired) electrons. The van der Waals surface area contributed by atoms with Gasteiger partial charge in [0.2, 0.25) is 0 Å². The highest BCUT2D eigenvalue weighted by Gasteiger charge is 2.39. The second-order valence-electron chi connectivity index (χ2n) is 8.91. The van der Waals surface area contributed by atoms with Crippen LogP contribution < -0.4 is 10.6 Å². The lowest BCUT2D eigenvalue weighted by Gasteiger charge is -2.38. The molecule has 0 saturated carbocycles. The molecule has 6 heteroatoms. The molecule has 36 heavy (non-hydrogen) atoms. The number of alkyl halides is 3. The summed E-state index contributed by atoms with van der Waals surface area (Å²) in [4.78, 5) is 4.82. The van der Waals surface area contributed by atoms with E-state index >= 15 is 0 Å². The number of anilines is 1. The molecule has 0 aliphatic carbocycles. The molecule has 184 valence electrons. The van der Waals surface area contributed by atoms with Gasteiger partial charge in [-0.1, -0.05) is 67.2 Å². The molecule has 3 nitrogen and oxygen atoms in total. The highest BCUT2D eigenvalue weighted by atomic mass is 19.4. The predicted molar refractivity (Wildman–Crippen MR) is 138 cm³/mol. The number of hydrogen-bond donors (Lipinski definition) is 2. The van der Waals surface area contributed by atoms with E-state index in [1.165, 1.54) is 12.1 Å². The van der Waals surface area contributed by atoms with E-state index in [1.807, 2.05) is 86.6 Å². The van der Waals surface area contributed by atoms with Crippen molar-refractivity contribution < 1.29 is 13.2 Å². The lowest BCUT2D eigenvalue weighted by atomic mass is 9.79. The van der Waals surface area contributed by atoms with E-state index in [4.69, 9.17) is 4.98 Å². The van der Waals surface area contributed by atoms with Crippen LogP contribution in [0.2, 0.25) is 0 Å². The second-order valence-corrected chi connectivity index (χ2v) is 8.91. The Balaban J connectivity index is 1.92. The normalized spacial score (nSPS) is 13.0. The average Bonchev–Trinajstić information content (AvgIpc) is 2.84. The van der Waals surface area contributed by atoms with Gasteiger partial charge in [0.25, 0.3) is 0 Å². The maximum atomic E-state index is 13.8. The summed E-state index contributed by atoms with van der Waals surface area (Å²) in [5.74, 6) is 0.440. The first-order valence-corrected chi connectivity index (χ1v) is 11.6. The Labute approximate surface area is 209 Å². The number of para-hydroxylation sites is 1. The van der Waals surface area contributed by atoms with Crippen molar-refractivity contribution in [3.8, 4) is 0 Å². The highest BCUT2D eigenvalue weighted by Crippen LogP contribution is 2.38. The number of pyridine rings is 1. The van der Waals surface area contributed by atoms with Gasteiger partial charge >= 0.3 is 6.18 Å². The first-order valence-electron chi connectivity index (χ1n) is 11.6. The molecule has 1 heterocycles. The van der Waals surface area contributed by atoms with Crippen molar-refractivity contribution in [3.05, 3.63) is 143 Å². The summed E-state index contributed by atoms with van der Waals surface area (Å²) < 4.78 is 41.4. The molecule has 1 atom stereocenters. The van der Waals surface area contributed by atoms with Crippen molar-refractivity contribution in [3.63, 3.8) is 0 Å². The van der Waals surface area contributed by atoms with Gasteiger partial charge in [0.05, 0.1) is 17.1 Å². The van der Waals surface area contributed by atoms with Crippen LogP contribution in [0.25, 0.3) is 0 Å². The minimum absolute atomic E-state index is 0.348. The Morgan fingerprint density at radius 1 is 0.806 bits per heavy atom. The SMILES string of the molecule is C=C(Nc1ccccc1)NC(Cc1ccccc1)(c1cccc(C(F)(F)F)c1)c1cc(C)cc(C)n1. The molecular weight excluding hydrogens is 459 g/mol. The van der Waals surface area contributed by atoms with Gasteiger partial charge in [-0.3, -0.25) is 4.98 Å². The Morgan fingerprint density at radius 3 is 2.08 bits per heavy atom. The molecule has 0 aliphatic heterocycles. The molecule has 4 rings (SSSR count). The third kappa shape index (κ3) is 5.77. The fourth-order valence-corrected chi connectivity index (χ4v) is 4.43. The molecule has 1 unspecified atom stereocenters. The standard InChI is InChI=1S/C30H28F3N3/c1-21-17-22(2)34-28(18-21)29(20-24-11-6-4-7-12-24,25-13-10-14-26(19-25)30(31,32)33)36-23(3)35-27-15-8-5-9-16-27/h4-19,35-36H,3,20H2,1-2H3. The predicted octanol–water partition coefficient (Wildman–Crippen LogP) is 7.38. The van der Waals surface area contributed by atoms with E-state index in [2.05, 4.69) is 17.2 Å². The van der Waals surface area contributed by atoms with Gasteiger partial charge in [-0.2, -0.15) is 13.2 Å². The number of aryl methyl sites for hydroxylation is 2. The zero-order chi connectivity index (χ0) is 25.8. The van der Waals surface area contributed by atoms with Crippen molar-refractivity contribution in [2.75, 3.05) is 5.32 Å². The average molecular weight is 488 g/mol. The maximum absolute atomic E-state index is 13.8. The number of rotatable bonds is 8. The second kappa shape index (κ2) is 10.3. The van der Waals surface area contributed by atoms with Crippen LogP contribution >= 0.6 is 0 Å². The van der Waals surface area contributed by atoms with Gasteiger partial charge in [0.1, 0.15) is 5.54 Å². The van der Waals surface area contributed by atoms with Crippen LogP contribution in [-0.2, 0) is 18.1 Å². The zero-order valence-electron chi connectivity index (χ0n) is 20.2. The van der Waals surface area contributed by atoms with Crippen molar-refractivity contribution >= 4 is 5.69 Å². The van der Waals surface area contributed by atoms with Crippen molar-refractivity contribution in [1.82, 2.24) is 10.3 Å². The molecule has 0 fully saturated rings. The third-order valence-electron chi connectivity index (χ3n) is 5.96. The summed E-state index contributed by atoms with van der Waals surface area (Å²) in [6, 6.07) is 28.4. The molecule has 0 saturated heterocycles. The minimum Gasteiger partial charge on any atom is -0.357 e. The van der Waals surface area contributed by atoms with E-state index in [1.54, 1.807) is 6.07 Å². The summed E-state index contributed by atoms with van der Waals surface area (Å²) in [6.07, 6.45) is -4.13. The van der Waals surface area contributed by atoms with E-state index in [0.29, 0.717) is 23.5 Å². The van der Waals surface area contributed by atoms with Crippen LogP contribution in [0.1, 0.15) is 33.6 Å². The van der Waals surface area contributed by atoms with Crippen molar-refractivity contribution in [2.45, 2.75) is 32.0 Å². The minimum atomic E-state index is -4.48.